The van der Waals surface area contributed by atoms with Crippen LogP contribution in [-0.4, -0.2) is 32.4 Å². The third kappa shape index (κ3) is 3.14. The fourth-order valence-electron chi connectivity index (χ4n) is 1.10. The Morgan fingerprint density at radius 3 is 3.14 bits per heavy atom. The van der Waals surface area contributed by atoms with Gasteiger partial charge in [0, 0.05) is 6.54 Å². The number of rotatable bonds is 6. The molecule has 0 radical (unpaired) electrons. The van der Waals surface area contributed by atoms with E-state index in [2.05, 4.69) is 22.3 Å². The van der Waals surface area contributed by atoms with Crippen molar-refractivity contribution in [1.29, 1.82) is 0 Å². The van der Waals surface area contributed by atoms with Crippen molar-refractivity contribution in [3.05, 3.63) is 12.2 Å². The van der Waals surface area contributed by atoms with Crippen molar-refractivity contribution in [2.24, 2.45) is 0 Å². The van der Waals surface area contributed by atoms with E-state index in [4.69, 9.17) is 5.11 Å². The number of hydrogen-bond acceptors (Lipinski definition) is 4. The minimum atomic E-state index is -0.869. The molecule has 0 aromatic carbocycles. The van der Waals surface area contributed by atoms with Gasteiger partial charge in [-0.05, 0) is 6.42 Å². The second-order valence-electron chi connectivity index (χ2n) is 2.90. The van der Waals surface area contributed by atoms with Crippen molar-refractivity contribution in [3.63, 3.8) is 0 Å². The zero-order chi connectivity index (χ0) is 10.4. The molecule has 0 aliphatic rings. The van der Waals surface area contributed by atoms with Crippen LogP contribution in [0.5, 0.6) is 0 Å². The molecule has 0 aliphatic carbocycles. The van der Waals surface area contributed by atoms with Gasteiger partial charge in [0.15, 0.2) is 0 Å². The SMILES string of the molecule is CCCn1ncnc1CNCC(=O)O. The van der Waals surface area contributed by atoms with E-state index in [1.165, 1.54) is 6.33 Å². The first-order valence-corrected chi connectivity index (χ1v) is 4.53. The Balaban J connectivity index is 2.41. The first-order chi connectivity index (χ1) is 6.74. The molecule has 0 bridgehead atoms. The van der Waals surface area contributed by atoms with E-state index in [1.54, 1.807) is 4.68 Å². The average molecular weight is 198 g/mol. The third-order valence-electron chi connectivity index (χ3n) is 1.69. The number of carboxylic acids is 1. The molecule has 14 heavy (non-hydrogen) atoms. The van der Waals surface area contributed by atoms with E-state index in [0.29, 0.717) is 6.54 Å². The monoisotopic (exact) mass is 198 g/mol. The number of nitrogens with zero attached hydrogens (tertiary/aromatic N) is 3. The molecule has 6 heteroatoms. The van der Waals surface area contributed by atoms with Crippen LogP contribution in [0.3, 0.4) is 0 Å². The van der Waals surface area contributed by atoms with Gasteiger partial charge in [-0.3, -0.25) is 10.1 Å². The maximum Gasteiger partial charge on any atom is 0.317 e. The molecule has 0 spiro atoms. The fraction of sp³-hybridized carbons (Fsp3) is 0.625. The molecule has 78 valence electrons. The van der Waals surface area contributed by atoms with E-state index < -0.39 is 5.97 Å². The lowest BCUT2D eigenvalue weighted by Crippen LogP contribution is -2.24. The highest BCUT2D eigenvalue weighted by molar-refractivity contribution is 5.68. The topological polar surface area (TPSA) is 80.0 Å². The van der Waals surface area contributed by atoms with Crippen LogP contribution in [-0.2, 0) is 17.9 Å². The third-order valence-corrected chi connectivity index (χ3v) is 1.69. The van der Waals surface area contributed by atoms with Crippen molar-refractivity contribution in [3.8, 4) is 0 Å². The Labute approximate surface area is 82.0 Å². The Bertz CT molecular complexity index is 297. The molecule has 1 aromatic heterocycles. The number of carbonyl (C=O) groups is 1. The molecule has 1 heterocycles. The summed E-state index contributed by atoms with van der Waals surface area (Å²) < 4.78 is 1.77. The highest BCUT2D eigenvalue weighted by Gasteiger charge is 2.03. The van der Waals surface area contributed by atoms with Crippen LogP contribution in [0.1, 0.15) is 19.2 Å². The second kappa shape index (κ2) is 5.33. The molecule has 1 rings (SSSR count). The Morgan fingerprint density at radius 1 is 1.71 bits per heavy atom. The van der Waals surface area contributed by atoms with Gasteiger partial charge in [0.05, 0.1) is 13.1 Å². The minimum absolute atomic E-state index is 0.0566. The van der Waals surface area contributed by atoms with Gasteiger partial charge in [0.2, 0.25) is 0 Å². The summed E-state index contributed by atoms with van der Waals surface area (Å²) in [6, 6.07) is 0. The summed E-state index contributed by atoms with van der Waals surface area (Å²) in [4.78, 5) is 14.3. The predicted molar refractivity (Wildman–Crippen MR) is 49.7 cm³/mol. The van der Waals surface area contributed by atoms with Gasteiger partial charge in [-0.25, -0.2) is 9.67 Å². The number of aliphatic carboxylic acids is 1. The largest absolute Gasteiger partial charge is 0.480 e. The summed E-state index contributed by atoms with van der Waals surface area (Å²) in [5.74, 6) is -0.0975. The molecule has 0 atom stereocenters. The summed E-state index contributed by atoms with van der Waals surface area (Å²) in [7, 11) is 0. The average Bonchev–Trinajstić information content (AvgIpc) is 2.53. The van der Waals surface area contributed by atoms with Crippen LogP contribution in [0.4, 0.5) is 0 Å². The lowest BCUT2D eigenvalue weighted by molar-refractivity contribution is -0.136. The van der Waals surface area contributed by atoms with E-state index in [9.17, 15) is 4.79 Å². The standard InChI is InChI=1S/C8H14N4O2/c1-2-3-12-7(10-6-11-12)4-9-5-8(13)14/h6,9H,2-5H2,1H3,(H,13,14). The predicted octanol–water partition coefficient (Wildman–Crippen LogP) is -0.138. The van der Waals surface area contributed by atoms with Gasteiger partial charge in [-0.1, -0.05) is 6.92 Å². The van der Waals surface area contributed by atoms with Crippen molar-refractivity contribution in [2.75, 3.05) is 6.54 Å². The van der Waals surface area contributed by atoms with E-state index in [-0.39, 0.29) is 6.54 Å². The zero-order valence-electron chi connectivity index (χ0n) is 8.10. The molecule has 0 fully saturated rings. The van der Waals surface area contributed by atoms with Gasteiger partial charge < -0.3 is 5.11 Å². The number of carboxylic acid groups (broad SMARTS) is 1. The molecular formula is C8H14N4O2. The molecule has 0 aliphatic heterocycles. The Morgan fingerprint density at radius 2 is 2.50 bits per heavy atom. The van der Waals surface area contributed by atoms with Gasteiger partial charge in [0.1, 0.15) is 12.2 Å². The number of aryl methyl sites for hydroxylation is 1. The number of hydrogen-bond donors (Lipinski definition) is 2. The van der Waals surface area contributed by atoms with E-state index in [1.807, 2.05) is 0 Å². The highest BCUT2D eigenvalue weighted by Crippen LogP contribution is 1.94. The van der Waals surface area contributed by atoms with Crippen LogP contribution < -0.4 is 5.32 Å². The molecule has 2 N–H and O–H groups in total. The van der Waals surface area contributed by atoms with Crippen LogP contribution >= 0.6 is 0 Å². The normalized spacial score (nSPS) is 10.4. The molecule has 1 aromatic rings. The smallest absolute Gasteiger partial charge is 0.317 e. The molecular weight excluding hydrogens is 184 g/mol. The van der Waals surface area contributed by atoms with Gasteiger partial charge >= 0.3 is 5.97 Å². The number of nitrogens with one attached hydrogen (secondary N) is 1. The maximum absolute atomic E-state index is 10.2. The molecule has 0 saturated carbocycles. The highest BCUT2D eigenvalue weighted by atomic mass is 16.4. The minimum Gasteiger partial charge on any atom is -0.480 e. The van der Waals surface area contributed by atoms with Crippen molar-refractivity contribution in [2.45, 2.75) is 26.4 Å². The molecule has 0 saturated heterocycles. The fourth-order valence-corrected chi connectivity index (χ4v) is 1.10. The summed E-state index contributed by atoms with van der Waals surface area (Å²) >= 11 is 0. The van der Waals surface area contributed by atoms with Gasteiger partial charge in [0.25, 0.3) is 0 Å². The summed E-state index contributed by atoms with van der Waals surface area (Å²) in [6.07, 6.45) is 2.46. The van der Waals surface area contributed by atoms with Crippen LogP contribution in [0.2, 0.25) is 0 Å². The van der Waals surface area contributed by atoms with E-state index in [0.717, 1.165) is 18.8 Å². The maximum atomic E-state index is 10.2. The Kier molecular flexibility index (Phi) is 4.06. The van der Waals surface area contributed by atoms with Crippen molar-refractivity contribution in [1.82, 2.24) is 20.1 Å². The quantitative estimate of drug-likeness (QED) is 0.665. The van der Waals surface area contributed by atoms with Gasteiger partial charge in [-0.2, -0.15) is 5.10 Å². The second-order valence-corrected chi connectivity index (χ2v) is 2.90. The van der Waals surface area contributed by atoms with Crippen LogP contribution in [0, 0.1) is 0 Å². The van der Waals surface area contributed by atoms with E-state index >= 15 is 0 Å². The zero-order valence-corrected chi connectivity index (χ0v) is 8.10. The van der Waals surface area contributed by atoms with Crippen molar-refractivity contribution < 1.29 is 9.90 Å². The molecule has 0 amide bonds. The first kappa shape index (κ1) is 10.6. The lowest BCUT2D eigenvalue weighted by Gasteiger charge is -2.04. The van der Waals surface area contributed by atoms with Gasteiger partial charge in [-0.15, -0.1) is 0 Å². The van der Waals surface area contributed by atoms with Crippen LogP contribution in [0.15, 0.2) is 6.33 Å². The number of aromatic nitrogens is 3. The summed E-state index contributed by atoms with van der Waals surface area (Å²) in [5.41, 5.74) is 0. The summed E-state index contributed by atoms with van der Waals surface area (Å²) in [6.45, 7) is 3.24. The lowest BCUT2D eigenvalue weighted by atomic mass is 10.4. The van der Waals surface area contributed by atoms with Crippen LogP contribution in [0.25, 0.3) is 0 Å². The molecule has 6 nitrogen and oxygen atoms in total. The van der Waals surface area contributed by atoms with Crippen molar-refractivity contribution >= 4 is 5.97 Å². The Hall–Kier alpha value is -1.43. The molecule has 0 unspecified atom stereocenters. The first-order valence-electron chi connectivity index (χ1n) is 4.53. The summed E-state index contributed by atoms with van der Waals surface area (Å²) in [5, 5.41) is 15.2.